The Labute approximate surface area is 299 Å². The van der Waals surface area contributed by atoms with Gasteiger partial charge in [-0.2, -0.15) is 50.5 Å². The molecule has 12 N–H and O–H groups in total. The average Bonchev–Trinajstić information content (AvgIpc) is 2.99. The van der Waals surface area contributed by atoms with Gasteiger partial charge in [0.25, 0.3) is 0 Å². The van der Waals surface area contributed by atoms with Crippen molar-refractivity contribution in [2.75, 3.05) is 75.4 Å². The molecule has 0 unspecified atom stereocenters. The summed E-state index contributed by atoms with van der Waals surface area (Å²) in [5.74, 6) is -7.09. The molecule has 1 fully saturated rings. The molecule has 0 aliphatic carbocycles. The predicted molar refractivity (Wildman–Crippen MR) is 185 cm³/mol. The van der Waals surface area contributed by atoms with Gasteiger partial charge in [-0.05, 0) is 0 Å². The first-order chi connectivity index (χ1) is 22.7. The van der Waals surface area contributed by atoms with Crippen molar-refractivity contribution in [3.8, 4) is 0 Å². The maximum absolute atomic E-state index is 11.5. The third-order valence-corrected chi connectivity index (χ3v) is 7.16. The lowest BCUT2D eigenvalue weighted by Crippen LogP contribution is -2.75. The SMILES string of the molecule is O=C(O)NCCC1(NCCS)OC(CCNC(=O)O)(NCCS)OC(CCNC(=O)O)(NCCS)OC(CCNC(=O)O)(NCCS)O1. The summed E-state index contributed by atoms with van der Waals surface area (Å²) in [7, 11) is 0. The van der Waals surface area contributed by atoms with Gasteiger partial charge < -0.3 is 41.7 Å². The van der Waals surface area contributed by atoms with Gasteiger partial charge in [0.15, 0.2) is 0 Å². The zero-order valence-corrected chi connectivity index (χ0v) is 29.7. The number of hydrogen-bond acceptors (Lipinski definition) is 16. The lowest BCUT2D eigenvalue weighted by molar-refractivity contribution is -0.531. The summed E-state index contributed by atoms with van der Waals surface area (Å²) in [6.07, 6.45) is -6.34. The standard InChI is InChI=1S/C24H48N8O12S4/c33-17(34)25-5-1-21(29-9-13-45)41-22(30-10-14-46,2-6-26-18(35)36)43-24(32-12-16-48,4-8-28-20(39)40)44-23(42-21,31-11-15-47)3-7-27-19(37)38/h25-32,45-48H,1-16H2,(H,33,34)(H,35,36)(H,37,38)(H,39,40). The number of rotatable bonds is 24. The lowest BCUT2D eigenvalue weighted by Gasteiger charge is -2.55. The fourth-order valence-corrected chi connectivity index (χ4v) is 4.97. The average molecular weight is 769 g/mol. The Bertz CT molecular complexity index is 849. The fourth-order valence-electron chi connectivity index (χ4n) is 4.52. The molecule has 4 amide bonds. The van der Waals surface area contributed by atoms with Crippen molar-refractivity contribution in [1.29, 1.82) is 0 Å². The van der Waals surface area contributed by atoms with Crippen molar-refractivity contribution >= 4 is 74.9 Å². The number of ether oxygens (including phenoxy) is 4. The van der Waals surface area contributed by atoms with Crippen molar-refractivity contribution in [3.63, 3.8) is 0 Å². The molecular formula is C24H48N8O12S4. The van der Waals surface area contributed by atoms with Crippen LogP contribution in [0, 0.1) is 0 Å². The lowest BCUT2D eigenvalue weighted by atomic mass is 10.2. The van der Waals surface area contributed by atoms with Crippen molar-refractivity contribution in [1.82, 2.24) is 42.5 Å². The van der Waals surface area contributed by atoms with E-state index < -0.39 is 48.0 Å². The number of amides is 4. The Morgan fingerprint density at radius 2 is 0.583 bits per heavy atom. The van der Waals surface area contributed by atoms with Crippen molar-refractivity contribution in [2.24, 2.45) is 0 Å². The van der Waals surface area contributed by atoms with E-state index in [9.17, 15) is 39.6 Å². The van der Waals surface area contributed by atoms with Crippen molar-refractivity contribution < 1.29 is 58.6 Å². The third kappa shape index (κ3) is 16.7. The third-order valence-electron chi connectivity index (χ3n) is 6.26. The molecule has 1 heterocycles. The zero-order valence-electron chi connectivity index (χ0n) is 26.2. The van der Waals surface area contributed by atoms with E-state index in [4.69, 9.17) is 18.9 Å². The second-order valence-corrected chi connectivity index (χ2v) is 11.7. The van der Waals surface area contributed by atoms with E-state index in [1.54, 1.807) is 0 Å². The molecule has 20 nitrogen and oxygen atoms in total. The number of nitrogens with one attached hydrogen (secondary N) is 8. The largest absolute Gasteiger partial charge is 0.465 e. The molecule has 1 aliphatic rings. The first-order valence-corrected chi connectivity index (χ1v) is 17.4. The van der Waals surface area contributed by atoms with Gasteiger partial charge in [-0.1, -0.05) is 0 Å². The molecule has 48 heavy (non-hydrogen) atoms. The second-order valence-electron chi connectivity index (χ2n) is 9.95. The van der Waals surface area contributed by atoms with Crippen LogP contribution >= 0.6 is 50.5 Å². The Balaban J connectivity index is 4.08. The maximum atomic E-state index is 11.5. The Morgan fingerprint density at radius 3 is 0.729 bits per heavy atom. The van der Waals surface area contributed by atoms with Crippen LogP contribution in [0.4, 0.5) is 19.2 Å². The quantitative estimate of drug-likeness (QED) is 0.0546. The molecule has 0 atom stereocenters. The highest BCUT2D eigenvalue weighted by Gasteiger charge is 2.58. The highest BCUT2D eigenvalue weighted by molar-refractivity contribution is 7.80. The molecule has 1 saturated heterocycles. The van der Waals surface area contributed by atoms with E-state index in [2.05, 4.69) is 93.0 Å². The van der Waals surface area contributed by atoms with E-state index in [1.165, 1.54) is 0 Å². The monoisotopic (exact) mass is 768 g/mol. The molecule has 0 saturated carbocycles. The second kappa shape index (κ2) is 22.8. The summed E-state index contributed by atoms with van der Waals surface area (Å²) >= 11 is 17.1. The minimum absolute atomic E-state index is 0.119. The predicted octanol–water partition coefficient (Wildman–Crippen LogP) is -0.610. The molecule has 0 aromatic rings. The van der Waals surface area contributed by atoms with Crippen molar-refractivity contribution in [2.45, 2.75) is 49.3 Å². The van der Waals surface area contributed by atoms with Gasteiger partial charge in [-0.3, -0.25) is 40.2 Å². The normalized spacial score (nSPS) is 25.8. The molecule has 0 radical (unpaired) electrons. The summed E-state index contributed by atoms with van der Waals surface area (Å²) < 4.78 is 26.8. The summed E-state index contributed by atoms with van der Waals surface area (Å²) in [5, 5.41) is 58.7. The molecular weight excluding hydrogens is 721 g/mol. The molecule has 0 bridgehead atoms. The van der Waals surface area contributed by atoms with Crippen LogP contribution in [0.15, 0.2) is 0 Å². The number of thiol groups is 4. The van der Waals surface area contributed by atoms with Gasteiger partial charge in [0.05, 0.1) is 0 Å². The summed E-state index contributed by atoms with van der Waals surface area (Å²) in [6.45, 7) is -0.499. The van der Waals surface area contributed by atoms with E-state index in [0.29, 0.717) is 0 Å². The summed E-state index contributed by atoms with van der Waals surface area (Å²) in [4.78, 5) is 45.8. The summed E-state index contributed by atoms with van der Waals surface area (Å²) in [5.41, 5.74) is 0. The molecule has 24 heteroatoms. The molecule has 1 aliphatic heterocycles. The fraction of sp³-hybridized carbons (Fsp3) is 0.833. The maximum Gasteiger partial charge on any atom is 0.404 e. The van der Waals surface area contributed by atoms with Crippen LogP contribution in [0.1, 0.15) is 25.7 Å². The van der Waals surface area contributed by atoms with Crippen LogP contribution in [-0.4, -0.2) is 144 Å². The van der Waals surface area contributed by atoms with Gasteiger partial charge in [0, 0.05) is 101 Å². The smallest absolute Gasteiger partial charge is 0.404 e. The van der Waals surface area contributed by atoms with Crippen LogP contribution in [0.3, 0.4) is 0 Å². The van der Waals surface area contributed by atoms with Gasteiger partial charge in [0.2, 0.25) is 23.6 Å². The molecule has 0 aromatic carbocycles. The molecule has 1 rings (SSSR count). The topological polar surface area (TPSA) is 282 Å². The first-order valence-electron chi connectivity index (χ1n) is 14.9. The van der Waals surface area contributed by atoms with Gasteiger partial charge in [0.1, 0.15) is 0 Å². The van der Waals surface area contributed by atoms with E-state index in [-0.39, 0.29) is 101 Å². The van der Waals surface area contributed by atoms with Crippen LogP contribution < -0.4 is 42.5 Å². The summed E-state index contributed by atoms with van der Waals surface area (Å²) in [6, 6.07) is 0. The van der Waals surface area contributed by atoms with Gasteiger partial charge >= 0.3 is 24.4 Å². The first kappa shape index (κ1) is 44.2. The van der Waals surface area contributed by atoms with Gasteiger partial charge in [-0.25, -0.2) is 19.2 Å². The minimum Gasteiger partial charge on any atom is -0.465 e. The number of carbonyl (C=O) groups is 4. The Morgan fingerprint density at radius 1 is 0.396 bits per heavy atom. The van der Waals surface area contributed by atoms with Gasteiger partial charge in [-0.15, -0.1) is 0 Å². The zero-order chi connectivity index (χ0) is 36.1. The highest BCUT2D eigenvalue weighted by Crippen LogP contribution is 2.40. The molecule has 280 valence electrons. The van der Waals surface area contributed by atoms with Crippen molar-refractivity contribution in [3.05, 3.63) is 0 Å². The van der Waals surface area contributed by atoms with E-state index in [0.717, 1.165) is 0 Å². The van der Waals surface area contributed by atoms with Crippen LogP contribution in [-0.2, 0) is 18.9 Å². The van der Waals surface area contributed by atoms with E-state index in [1.807, 2.05) is 0 Å². The van der Waals surface area contributed by atoms with Crippen LogP contribution in [0.2, 0.25) is 0 Å². The Hall–Kier alpha value is -1.84. The van der Waals surface area contributed by atoms with E-state index >= 15 is 0 Å². The molecule has 0 aromatic heterocycles. The van der Waals surface area contributed by atoms with Crippen LogP contribution in [0.5, 0.6) is 0 Å². The molecule has 0 spiro atoms. The highest BCUT2D eigenvalue weighted by atomic mass is 32.1. The Kier molecular flexibility index (Phi) is 21.0. The van der Waals surface area contributed by atoms with Crippen LogP contribution in [0.25, 0.3) is 0 Å². The number of hydrogen-bond donors (Lipinski definition) is 16. The number of carboxylic acid groups (broad SMARTS) is 4. The minimum atomic E-state index is -2.01.